The van der Waals surface area contributed by atoms with Crippen LogP contribution in [-0.2, 0) is 39.3 Å². The maximum atomic E-state index is 5.20. The summed E-state index contributed by atoms with van der Waals surface area (Å²) >= 11 is 5.21. The Hall–Kier alpha value is -8.52. The molecule has 0 amide bonds. The lowest BCUT2D eigenvalue weighted by atomic mass is 9.98. The third-order valence-corrected chi connectivity index (χ3v) is 33.0. The Labute approximate surface area is 728 Å². The average Bonchev–Trinajstić information content (AvgIpc) is 1.52. The minimum Gasteiger partial charge on any atom is -0.340 e. The molecule has 0 saturated heterocycles. The molecule has 0 fully saturated rings. The number of nitrogens with zero attached hydrogens (tertiary/aromatic N) is 8. The Morgan fingerprint density at radius 1 is 0.258 bits per heavy atom. The molecule has 8 nitrogen and oxygen atoms in total. The summed E-state index contributed by atoms with van der Waals surface area (Å²) in [7, 11) is 1.89. The minimum absolute atomic E-state index is 0.554. The monoisotopic (exact) mass is 1660 g/mol. The van der Waals surface area contributed by atoms with Crippen LogP contribution in [0.25, 0.3) is 152 Å². The highest BCUT2D eigenvalue weighted by Crippen LogP contribution is 2.54. The molecule has 9 aromatic heterocycles. The molecule has 0 aliphatic carbocycles. The molecule has 0 radical (unpaired) electrons. The molecule has 0 spiro atoms. The van der Waals surface area contributed by atoms with Gasteiger partial charge in [0.15, 0.2) is 0 Å². The maximum Gasteiger partial charge on any atom is 0.124 e. The topological polar surface area (TPSA) is 55.4 Å². The number of para-hydroxylation sites is 4. The van der Waals surface area contributed by atoms with Gasteiger partial charge in [-0.3, -0.25) is 0 Å². The van der Waals surface area contributed by atoms with Crippen LogP contribution in [0, 0.1) is 35.5 Å². The van der Waals surface area contributed by atoms with Crippen molar-refractivity contribution >= 4 is 186 Å². The summed E-state index contributed by atoms with van der Waals surface area (Å²) in [5.74, 6) is 3.41. The molecule has 6 unspecified atom stereocenters. The van der Waals surface area contributed by atoms with E-state index in [1.807, 2.05) is 33.6 Å². The van der Waals surface area contributed by atoms with Crippen molar-refractivity contribution in [1.29, 1.82) is 0 Å². The highest BCUT2D eigenvalue weighted by atomic mass is 32.1. The van der Waals surface area contributed by atoms with Crippen molar-refractivity contribution in [3.05, 3.63) is 179 Å². The zero-order valence-electron chi connectivity index (χ0n) is 73.9. The summed E-state index contributed by atoms with van der Waals surface area (Å²) in [6.07, 6.45) is 29.3. The highest BCUT2D eigenvalue weighted by molar-refractivity contribution is 8.00. The number of unbranched alkanes of at least 4 members (excludes halogenated alkanes) is 6. The second-order valence-corrected chi connectivity index (χ2v) is 39.8. The van der Waals surface area contributed by atoms with Crippen molar-refractivity contribution in [1.82, 2.24) is 36.1 Å². The van der Waals surface area contributed by atoms with Crippen LogP contribution >= 0.6 is 45.3 Å². The maximum absolute atomic E-state index is 5.20. The molecule has 12 heteroatoms. The molecule has 8 aromatic carbocycles. The lowest BCUT2D eigenvalue weighted by Gasteiger charge is -2.20. The lowest BCUT2D eigenvalue weighted by Crippen LogP contribution is -2.12. The van der Waals surface area contributed by atoms with Crippen LogP contribution in [0.15, 0.2) is 158 Å². The van der Waals surface area contributed by atoms with Gasteiger partial charge in [0.25, 0.3) is 0 Å². The van der Waals surface area contributed by atoms with E-state index in [0.717, 1.165) is 76.3 Å². The smallest absolute Gasteiger partial charge is 0.124 e. The Kier molecular flexibility index (Phi) is 24.8. The van der Waals surface area contributed by atoms with Gasteiger partial charge in [0.05, 0.1) is 54.6 Å². The quantitative estimate of drug-likeness (QED) is 0.0359. The van der Waals surface area contributed by atoms with Crippen LogP contribution in [-0.4, -0.2) is 45.9 Å². The van der Waals surface area contributed by atoms with Gasteiger partial charge in [-0.15, -0.1) is 33.6 Å². The number of thiophene rings is 2. The van der Waals surface area contributed by atoms with Crippen LogP contribution in [0.2, 0.25) is 0 Å². The van der Waals surface area contributed by atoms with Crippen LogP contribution in [0.4, 0.5) is 0 Å². The summed E-state index contributed by atoms with van der Waals surface area (Å²) in [5, 5.41) is 16.9. The van der Waals surface area contributed by atoms with Crippen LogP contribution in [0.1, 0.15) is 258 Å². The lowest BCUT2D eigenvalue weighted by molar-refractivity contribution is 0.400. The van der Waals surface area contributed by atoms with Gasteiger partial charge in [-0.1, -0.05) is 284 Å². The van der Waals surface area contributed by atoms with E-state index in [-0.39, 0.29) is 0 Å². The summed E-state index contributed by atoms with van der Waals surface area (Å²) < 4.78 is 27.5. The van der Waals surface area contributed by atoms with E-state index < -0.39 is 0 Å². The van der Waals surface area contributed by atoms with E-state index in [0.29, 0.717) is 35.5 Å². The molecule has 18 rings (SSSR count). The summed E-state index contributed by atoms with van der Waals surface area (Å²) in [4.78, 5) is 7.49. The molecule has 120 heavy (non-hydrogen) atoms. The molecular formula is C108H128N8S4. The molecule has 1 aliphatic rings. The Bertz CT molecular complexity index is 6200. The van der Waals surface area contributed by atoms with Crippen LogP contribution < -0.4 is 0 Å². The molecule has 0 saturated carbocycles. The van der Waals surface area contributed by atoms with Crippen molar-refractivity contribution in [2.75, 3.05) is 0 Å². The number of benzene rings is 8. The third kappa shape index (κ3) is 14.6. The first-order valence-electron chi connectivity index (χ1n) is 47.3. The molecule has 6 atom stereocenters. The van der Waals surface area contributed by atoms with Gasteiger partial charge in [0.1, 0.15) is 11.4 Å². The fourth-order valence-electron chi connectivity index (χ4n) is 21.7. The Morgan fingerprint density at radius 3 is 0.742 bits per heavy atom. The van der Waals surface area contributed by atoms with Gasteiger partial charge in [-0.05, 0) is 158 Å². The molecule has 10 heterocycles. The zero-order valence-corrected chi connectivity index (χ0v) is 77.2. The Balaban J connectivity index is 0.809. The molecule has 624 valence electrons. The summed E-state index contributed by atoms with van der Waals surface area (Å²) in [6, 6.07) is 63.1. The molecule has 1 aliphatic heterocycles. The van der Waals surface area contributed by atoms with Gasteiger partial charge in [-0.25, -0.2) is 0 Å². The first-order valence-corrected chi connectivity index (χ1v) is 50.5. The van der Waals surface area contributed by atoms with E-state index >= 15 is 0 Å². The minimum atomic E-state index is 0.554. The van der Waals surface area contributed by atoms with E-state index in [1.54, 1.807) is 0 Å². The predicted molar refractivity (Wildman–Crippen MR) is 531 cm³/mol. The fourth-order valence-corrected chi connectivity index (χ4v) is 25.7. The standard InChI is InChI=1S/C108H128N8S4/c1-13-25-39-69(19-7)63-111-83-49-35-31-45-77(83)95-101(111)93-79-47-33-37-51-85(79)113(65-71(21-9)41-27-15-3)103(93)97-81-61-75(53-55-87(81)115(105(95)97)67-73(23-11)43-29-17-5)89-57-59-91(117-89)107-99-100(110-120-109-99)108(119-107)92-60-58-90(118-92)76-54-56-88-82(62-76)98-104-94(80-48-34-38-52-86(80)114(104)66-72(22-10)42-28-16-4)102-96(106(98)116(88)68-74(24-12)44-30-18-6)78-46-32-36-50-84(78)112(102)64-70(20-8)40-26-14-2/h31-38,45-62,69-74H,13-30,39-44,63-68H2,1-12H3. The highest BCUT2D eigenvalue weighted by Gasteiger charge is 2.35. The van der Waals surface area contributed by atoms with E-state index in [9.17, 15) is 0 Å². The van der Waals surface area contributed by atoms with E-state index in [4.69, 9.17) is 8.75 Å². The molecular weight excluding hydrogens is 1540 g/mol. The van der Waals surface area contributed by atoms with E-state index in [1.165, 1.54) is 311 Å². The molecule has 0 bridgehead atoms. The second-order valence-electron chi connectivity index (χ2n) is 36.1. The first-order chi connectivity index (χ1) is 59.0. The number of fused-ring (bicyclic) bond motifs is 25. The van der Waals surface area contributed by atoms with Crippen LogP contribution in [0.3, 0.4) is 0 Å². The second kappa shape index (κ2) is 36.1. The average molecular weight is 1670 g/mol. The predicted octanol–water partition coefficient (Wildman–Crippen LogP) is 32.8. The zero-order chi connectivity index (χ0) is 82.4. The van der Waals surface area contributed by atoms with E-state index in [2.05, 4.69) is 268 Å². The van der Waals surface area contributed by atoms with Gasteiger partial charge in [-0.2, -0.15) is 8.75 Å². The number of aromatic nitrogens is 8. The number of rotatable bonds is 40. The number of hydrogen-bond donors (Lipinski definition) is 0. The van der Waals surface area contributed by atoms with Crippen molar-refractivity contribution in [2.45, 2.75) is 276 Å². The van der Waals surface area contributed by atoms with Crippen molar-refractivity contribution in [2.24, 2.45) is 35.5 Å². The third-order valence-electron chi connectivity index (χ3n) is 28.7. The summed E-state index contributed by atoms with van der Waals surface area (Å²) in [5.41, 5.74) is 21.4. The van der Waals surface area contributed by atoms with Crippen molar-refractivity contribution < 1.29 is 0 Å². The van der Waals surface area contributed by atoms with Gasteiger partial charge < -0.3 is 27.4 Å². The van der Waals surface area contributed by atoms with Gasteiger partial charge in [0.2, 0.25) is 0 Å². The van der Waals surface area contributed by atoms with Gasteiger partial charge >= 0.3 is 0 Å². The number of hydrogen-bond acceptors (Lipinski definition) is 5. The normalized spacial score (nSPS) is 14.5. The molecule has 17 aromatic rings. The molecule has 0 N–H and O–H groups in total. The first kappa shape index (κ1) is 82.4. The van der Waals surface area contributed by atoms with Crippen molar-refractivity contribution in [3.8, 4) is 20.9 Å². The summed E-state index contributed by atoms with van der Waals surface area (Å²) in [6.45, 7) is 34.9. The Morgan fingerprint density at radius 2 is 0.492 bits per heavy atom. The van der Waals surface area contributed by atoms with Crippen molar-refractivity contribution in [3.63, 3.8) is 0 Å². The van der Waals surface area contributed by atoms with Crippen LogP contribution in [0.5, 0.6) is 0 Å². The SMILES string of the molecule is CCCCC(CC)Cn1c2ccccc2c2c1c1c3ccccc3n(CC(CC)CCCC)c1c1c3cc(-c4ccc(C5=S=C(c6ccc(-c7ccc8c(c7)c7c9c(c%10ccccc%10n9CC(CC)CCCC)c9c(c%10ccccc%10n9CC(CC)CCCC)c7n8CC(CC)CCCC)s6)c6nsnc65)s4)ccc3n(CC(CC)CCCC)c21. The largest absolute Gasteiger partial charge is 0.340 e. The van der Waals surface area contributed by atoms with Gasteiger partial charge in [0, 0.05) is 157 Å². The fraction of sp³-hybridized carbons (Fsp3) is 0.444.